The topological polar surface area (TPSA) is 97.5 Å². The molecular formula is C11H15N3O3. The third-order valence-corrected chi connectivity index (χ3v) is 2.87. The number of aromatic nitrogens is 1. The van der Waals surface area contributed by atoms with Crippen molar-refractivity contribution in [3.05, 3.63) is 17.8 Å². The van der Waals surface area contributed by atoms with Crippen molar-refractivity contribution in [2.75, 3.05) is 17.7 Å². The molecule has 0 aromatic carbocycles. The van der Waals surface area contributed by atoms with Crippen molar-refractivity contribution >= 4 is 17.5 Å². The number of pyridine rings is 1. The number of nitrogens with two attached hydrogens (primary N) is 1. The van der Waals surface area contributed by atoms with E-state index in [1.165, 1.54) is 12.3 Å². The average Bonchev–Trinajstić information content (AvgIpc) is 2.67. The van der Waals surface area contributed by atoms with Gasteiger partial charge in [-0.15, -0.1) is 0 Å². The van der Waals surface area contributed by atoms with Gasteiger partial charge in [-0.2, -0.15) is 0 Å². The summed E-state index contributed by atoms with van der Waals surface area (Å²) in [5, 5.41) is 12.1. The van der Waals surface area contributed by atoms with Gasteiger partial charge in [0.15, 0.2) is 0 Å². The Balaban J connectivity index is 2.16. The summed E-state index contributed by atoms with van der Waals surface area (Å²) in [4.78, 5) is 15.0. The molecule has 1 saturated heterocycles. The van der Waals surface area contributed by atoms with E-state index in [9.17, 15) is 4.79 Å². The molecule has 6 nitrogen and oxygen atoms in total. The summed E-state index contributed by atoms with van der Waals surface area (Å²) in [5.74, 6) is -0.539. The van der Waals surface area contributed by atoms with E-state index in [2.05, 4.69) is 10.3 Å². The fourth-order valence-corrected chi connectivity index (χ4v) is 1.84. The smallest absolute Gasteiger partial charge is 0.337 e. The first-order valence-electron chi connectivity index (χ1n) is 5.45. The van der Waals surface area contributed by atoms with Crippen molar-refractivity contribution in [3.8, 4) is 0 Å². The number of rotatable bonds is 3. The van der Waals surface area contributed by atoms with Gasteiger partial charge in [-0.1, -0.05) is 0 Å². The molecule has 0 amide bonds. The number of carboxylic acids is 1. The van der Waals surface area contributed by atoms with Gasteiger partial charge in [-0.25, -0.2) is 9.78 Å². The Morgan fingerprint density at radius 2 is 2.47 bits per heavy atom. The van der Waals surface area contributed by atoms with E-state index in [1.54, 1.807) is 0 Å². The molecule has 2 heterocycles. The van der Waals surface area contributed by atoms with Gasteiger partial charge in [0.25, 0.3) is 0 Å². The Kier molecular flexibility index (Phi) is 3.14. The first kappa shape index (κ1) is 11.7. The number of hydrogen-bond acceptors (Lipinski definition) is 5. The number of ether oxygens (including phenoxy) is 1. The molecule has 0 saturated carbocycles. The Labute approximate surface area is 98.8 Å². The zero-order valence-electron chi connectivity index (χ0n) is 9.51. The third kappa shape index (κ3) is 2.47. The number of aromatic carboxylic acids is 1. The molecule has 0 bridgehead atoms. The van der Waals surface area contributed by atoms with Crippen LogP contribution in [0.2, 0.25) is 0 Å². The number of carbonyl (C=O) groups is 1. The van der Waals surface area contributed by atoms with E-state index in [0.717, 1.165) is 6.42 Å². The Hall–Kier alpha value is -1.82. The minimum Gasteiger partial charge on any atom is -0.478 e. The molecule has 17 heavy (non-hydrogen) atoms. The maximum atomic E-state index is 10.9. The van der Waals surface area contributed by atoms with Crippen molar-refractivity contribution in [2.24, 2.45) is 0 Å². The Bertz CT molecular complexity index is 436. The molecule has 1 aromatic rings. The van der Waals surface area contributed by atoms with Gasteiger partial charge in [-0.3, -0.25) is 0 Å². The predicted molar refractivity (Wildman–Crippen MR) is 63.1 cm³/mol. The molecular weight excluding hydrogens is 222 g/mol. The van der Waals surface area contributed by atoms with Crippen LogP contribution in [0.3, 0.4) is 0 Å². The standard InChI is InChI=1S/C11H15N3O3/c1-6-9(2-3-17-6)14-10-4-7(11(15)16)8(12)5-13-10/h4-6,9H,2-3,12H2,1H3,(H,13,14)(H,15,16). The maximum absolute atomic E-state index is 10.9. The molecule has 2 unspecified atom stereocenters. The molecule has 1 aromatic heterocycles. The van der Waals surface area contributed by atoms with Crippen LogP contribution in [0.1, 0.15) is 23.7 Å². The number of anilines is 2. The third-order valence-electron chi connectivity index (χ3n) is 2.87. The van der Waals surface area contributed by atoms with Crippen LogP contribution >= 0.6 is 0 Å². The zero-order chi connectivity index (χ0) is 12.4. The predicted octanol–water partition coefficient (Wildman–Crippen LogP) is 0.951. The molecule has 1 aliphatic heterocycles. The second kappa shape index (κ2) is 4.58. The van der Waals surface area contributed by atoms with Crippen LogP contribution in [-0.4, -0.2) is 34.8 Å². The average molecular weight is 237 g/mol. The molecule has 2 atom stereocenters. The second-order valence-electron chi connectivity index (χ2n) is 4.08. The van der Waals surface area contributed by atoms with Crippen molar-refractivity contribution in [3.63, 3.8) is 0 Å². The largest absolute Gasteiger partial charge is 0.478 e. The van der Waals surface area contributed by atoms with Crippen molar-refractivity contribution in [2.45, 2.75) is 25.5 Å². The van der Waals surface area contributed by atoms with Crippen LogP contribution < -0.4 is 11.1 Å². The number of nitrogen functional groups attached to an aromatic ring is 1. The fourth-order valence-electron chi connectivity index (χ4n) is 1.84. The highest BCUT2D eigenvalue weighted by atomic mass is 16.5. The van der Waals surface area contributed by atoms with Gasteiger partial charge in [0.2, 0.25) is 0 Å². The van der Waals surface area contributed by atoms with E-state index in [-0.39, 0.29) is 23.4 Å². The van der Waals surface area contributed by atoms with Crippen LogP contribution in [0.25, 0.3) is 0 Å². The summed E-state index contributed by atoms with van der Waals surface area (Å²) < 4.78 is 5.41. The van der Waals surface area contributed by atoms with Gasteiger partial charge >= 0.3 is 5.97 Å². The molecule has 0 spiro atoms. The quantitative estimate of drug-likeness (QED) is 0.724. The summed E-state index contributed by atoms with van der Waals surface area (Å²) in [6.45, 7) is 2.68. The van der Waals surface area contributed by atoms with E-state index >= 15 is 0 Å². The molecule has 1 fully saturated rings. The highest BCUT2D eigenvalue weighted by Gasteiger charge is 2.24. The number of nitrogens with one attached hydrogen (secondary N) is 1. The van der Waals surface area contributed by atoms with E-state index in [1.807, 2.05) is 6.92 Å². The zero-order valence-corrected chi connectivity index (χ0v) is 9.51. The van der Waals surface area contributed by atoms with Gasteiger partial charge in [0.1, 0.15) is 5.82 Å². The number of nitrogens with zero attached hydrogens (tertiary/aromatic N) is 1. The van der Waals surface area contributed by atoms with Gasteiger partial charge in [-0.05, 0) is 19.4 Å². The summed E-state index contributed by atoms with van der Waals surface area (Å²) in [6.07, 6.45) is 2.34. The molecule has 0 radical (unpaired) electrons. The van der Waals surface area contributed by atoms with E-state index < -0.39 is 5.97 Å². The van der Waals surface area contributed by atoms with E-state index in [0.29, 0.717) is 12.4 Å². The van der Waals surface area contributed by atoms with Gasteiger partial charge in [0.05, 0.1) is 29.6 Å². The SMILES string of the molecule is CC1OCCC1Nc1cc(C(=O)O)c(N)cn1. The molecule has 6 heteroatoms. The number of carboxylic acid groups (broad SMARTS) is 1. The van der Waals surface area contributed by atoms with Crippen LogP contribution in [0, 0.1) is 0 Å². The Morgan fingerprint density at radius 1 is 1.71 bits per heavy atom. The molecule has 92 valence electrons. The fraction of sp³-hybridized carbons (Fsp3) is 0.455. The van der Waals surface area contributed by atoms with Crippen molar-refractivity contribution in [1.82, 2.24) is 4.98 Å². The van der Waals surface area contributed by atoms with Gasteiger partial charge in [0, 0.05) is 6.61 Å². The van der Waals surface area contributed by atoms with Crippen LogP contribution in [0.15, 0.2) is 12.3 Å². The molecule has 1 aliphatic rings. The summed E-state index contributed by atoms with van der Waals surface area (Å²) in [7, 11) is 0. The normalized spacial score (nSPS) is 23.6. The maximum Gasteiger partial charge on any atom is 0.337 e. The second-order valence-corrected chi connectivity index (χ2v) is 4.08. The lowest BCUT2D eigenvalue weighted by Crippen LogP contribution is -2.27. The molecule has 0 aliphatic carbocycles. The van der Waals surface area contributed by atoms with Crippen LogP contribution in [0.5, 0.6) is 0 Å². The van der Waals surface area contributed by atoms with Crippen molar-refractivity contribution < 1.29 is 14.6 Å². The van der Waals surface area contributed by atoms with Crippen molar-refractivity contribution in [1.29, 1.82) is 0 Å². The summed E-state index contributed by atoms with van der Waals surface area (Å²) in [5.41, 5.74) is 5.76. The highest BCUT2D eigenvalue weighted by Crippen LogP contribution is 2.20. The summed E-state index contributed by atoms with van der Waals surface area (Å²) >= 11 is 0. The highest BCUT2D eigenvalue weighted by molar-refractivity contribution is 5.94. The summed E-state index contributed by atoms with van der Waals surface area (Å²) in [6, 6.07) is 1.61. The van der Waals surface area contributed by atoms with Gasteiger partial charge < -0.3 is 20.9 Å². The first-order chi connectivity index (χ1) is 8.08. The first-order valence-corrected chi connectivity index (χ1v) is 5.45. The lowest BCUT2D eigenvalue weighted by Gasteiger charge is -2.17. The van der Waals surface area contributed by atoms with E-state index in [4.69, 9.17) is 15.6 Å². The molecule has 4 N–H and O–H groups in total. The monoisotopic (exact) mass is 237 g/mol. The Morgan fingerprint density at radius 3 is 3.06 bits per heavy atom. The minimum absolute atomic E-state index is 0.0640. The van der Waals surface area contributed by atoms with Crippen LogP contribution in [-0.2, 0) is 4.74 Å². The molecule has 2 rings (SSSR count). The lowest BCUT2D eigenvalue weighted by atomic mass is 10.1. The minimum atomic E-state index is -1.05. The number of hydrogen-bond donors (Lipinski definition) is 3. The lowest BCUT2D eigenvalue weighted by molar-refractivity contribution is 0.0698. The van der Waals surface area contributed by atoms with Crippen LogP contribution in [0.4, 0.5) is 11.5 Å².